The molecule has 3 N–H and O–H groups in total. The van der Waals surface area contributed by atoms with Crippen molar-refractivity contribution in [3.8, 4) is 11.3 Å². The van der Waals surface area contributed by atoms with E-state index in [1.54, 1.807) is 0 Å². The van der Waals surface area contributed by atoms with Crippen molar-refractivity contribution in [2.45, 2.75) is 26.2 Å². The summed E-state index contributed by atoms with van der Waals surface area (Å²) in [4.78, 5) is 17.0. The number of carbonyl (C=O) groups excluding carboxylic acids is 1. The molecule has 98 valence electrons. The number of carbonyl (C=O) groups is 1. The number of hydrogen-bond acceptors (Lipinski definition) is 4. The number of nitrogens with two attached hydrogens (primary N) is 1. The van der Waals surface area contributed by atoms with Crippen molar-refractivity contribution in [2.75, 3.05) is 11.1 Å². The number of anilines is 2. The number of benzene rings is 1. The Balaban J connectivity index is 2.04. The highest BCUT2D eigenvalue weighted by Crippen LogP contribution is 2.32. The van der Waals surface area contributed by atoms with Crippen molar-refractivity contribution in [1.29, 1.82) is 0 Å². The predicted molar refractivity (Wildman–Crippen MR) is 78.3 cm³/mol. The normalized spacial score (nSPS) is 14.7. The molecule has 0 atom stereocenters. The molecule has 0 saturated heterocycles. The van der Waals surface area contributed by atoms with Gasteiger partial charge in [-0.15, -0.1) is 11.3 Å². The summed E-state index contributed by atoms with van der Waals surface area (Å²) in [6.07, 6.45) is 2.40. The Hall–Kier alpha value is -1.88. The number of hydrogen-bond donors (Lipinski definition) is 2. The van der Waals surface area contributed by atoms with Gasteiger partial charge in [0.05, 0.1) is 5.69 Å². The molecule has 2 aromatic rings. The number of aromatic nitrogens is 1. The molecule has 0 radical (unpaired) electrons. The average molecular weight is 273 g/mol. The summed E-state index contributed by atoms with van der Waals surface area (Å²) in [5.41, 5.74) is 9.86. The molecule has 0 bridgehead atoms. The van der Waals surface area contributed by atoms with Crippen LogP contribution in [-0.2, 0) is 11.2 Å². The molecule has 0 fully saturated rings. The average Bonchev–Trinajstić information content (AvgIpc) is 2.59. The minimum Gasteiger partial charge on any atom is -0.375 e. The summed E-state index contributed by atoms with van der Waals surface area (Å²) in [7, 11) is 0. The van der Waals surface area contributed by atoms with Crippen LogP contribution in [0.25, 0.3) is 11.3 Å². The smallest absolute Gasteiger partial charge is 0.224 e. The first-order chi connectivity index (χ1) is 9.13. The van der Waals surface area contributed by atoms with Crippen LogP contribution < -0.4 is 11.1 Å². The number of nitrogens with zero attached hydrogens (tertiary/aromatic N) is 1. The van der Waals surface area contributed by atoms with Crippen LogP contribution in [0.15, 0.2) is 18.2 Å². The molecule has 1 aromatic heterocycles. The van der Waals surface area contributed by atoms with Crippen molar-refractivity contribution in [3.05, 3.63) is 28.6 Å². The zero-order valence-electron chi connectivity index (χ0n) is 10.7. The Morgan fingerprint density at radius 3 is 2.95 bits per heavy atom. The van der Waals surface area contributed by atoms with Crippen LogP contribution in [0.4, 0.5) is 10.8 Å². The minimum atomic E-state index is 0.0978. The third-order valence-corrected chi connectivity index (χ3v) is 4.12. The second kappa shape index (κ2) is 4.66. The van der Waals surface area contributed by atoms with Gasteiger partial charge in [0, 0.05) is 22.5 Å². The highest BCUT2D eigenvalue weighted by molar-refractivity contribution is 7.15. The van der Waals surface area contributed by atoms with Gasteiger partial charge in [-0.05, 0) is 37.5 Å². The number of fused-ring (bicyclic) bond motifs is 1. The molecule has 1 amide bonds. The van der Waals surface area contributed by atoms with Crippen molar-refractivity contribution >= 4 is 28.1 Å². The molecule has 1 aliphatic heterocycles. The van der Waals surface area contributed by atoms with Gasteiger partial charge >= 0.3 is 0 Å². The van der Waals surface area contributed by atoms with Gasteiger partial charge < -0.3 is 11.1 Å². The highest BCUT2D eigenvalue weighted by atomic mass is 32.1. The lowest BCUT2D eigenvalue weighted by Crippen LogP contribution is -2.09. The van der Waals surface area contributed by atoms with Crippen LogP contribution in [0.2, 0.25) is 0 Å². The summed E-state index contributed by atoms with van der Waals surface area (Å²) in [5.74, 6) is 0.0978. The fourth-order valence-corrected chi connectivity index (χ4v) is 3.12. The number of amides is 1. The fourth-order valence-electron chi connectivity index (χ4n) is 2.41. The van der Waals surface area contributed by atoms with Crippen LogP contribution in [0.5, 0.6) is 0 Å². The third-order valence-electron chi connectivity index (χ3n) is 3.32. The monoisotopic (exact) mass is 273 g/mol. The summed E-state index contributed by atoms with van der Waals surface area (Å²) >= 11 is 1.50. The predicted octanol–water partition coefficient (Wildman–Crippen LogP) is 2.98. The summed E-state index contributed by atoms with van der Waals surface area (Å²) in [6, 6.07) is 6.07. The van der Waals surface area contributed by atoms with Gasteiger partial charge in [0.15, 0.2) is 5.13 Å². The Bertz CT molecular complexity index is 648. The molecule has 2 heterocycles. The summed E-state index contributed by atoms with van der Waals surface area (Å²) in [6.45, 7) is 2.02. The number of nitrogen functional groups attached to an aromatic ring is 1. The van der Waals surface area contributed by atoms with Gasteiger partial charge in [-0.25, -0.2) is 4.98 Å². The van der Waals surface area contributed by atoms with E-state index in [0.717, 1.165) is 34.7 Å². The molecule has 3 rings (SSSR count). The maximum absolute atomic E-state index is 11.5. The van der Waals surface area contributed by atoms with Crippen molar-refractivity contribution in [3.63, 3.8) is 0 Å². The van der Waals surface area contributed by atoms with Crippen LogP contribution in [-0.4, -0.2) is 10.9 Å². The SMILES string of the molecule is Cc1sc(N)nc1-c1ccc2c(c1)CCCC(=O)N2. The summed E-state index contributed by atoms with van der Waals surface area (Å²) in [5, 5.41) is 3.53. The van der Waals surface area contributed by atoms with Gasteiger partial charge in [-0.3, -0.25) is 4.79 Å². The minimum absolute atomic E-state index is 0.0978. The number of rotatable bonds is 1. The molecule has 5 heteroatoms. The first-order valence-electron chi connectivity index (χ1n) is 6.29. The van der Waals surface area contributed by atoms with Crippen molar-refractivity contribution in [1.82, 2.24) is 4.98 Å². The van der Waals surface area contributed by atoms with Crippen LogP contribution in [0, 0.1) is 6.92 Å². The van der Waals surface area contributed by atoms with Crippen LogP contribution >= 0.6 is 11.3 Å². The molecular weight excluding hydrogens is 258 g/mol. The van der Waals surface area contributed by atoms with Gasteiger partial charge in [0.1, 0.15) is 0 Å². The maximum atomic E-state index is 11.5. The quantitative estimate of drug-likeness (QED) is 0.839. The van der Waals surface area contributed by atoms with Gasteiger partial charge in [0.25, 0.3) is 0 Å². The second-order valence-corrected chi connectivity index (χ2v) is 5.97. The van der Waals surface area contributed by atoms with E-state index in [1.165, 1.54) is 16.9 Å². The van der Waals surface area contributed by atoms with Crippen LogP contribution in [0.3, 0.4) is 0 Å². The zero-order valence-corrected chi connectivity index (χ0v) is 11.5. The number of nitrogens with one attached hydrogen (secondary N) is 1. The van der Waals surface area contributed by atoms with Gasteiger partial charge in [0.2, 0.25) is 5.91 Å². The topological polar surface area (TPSA) is 68.0 Å². The number of thiazole rings is 1. The second-order valence-electron chi connectivity index (χ2n) is 4.73. The Morgan fingerprint density at radius 1 is 1.37 bits per heavy atom. The van der Waals surface area contributed by atoms with Crippen molar-refractivity contribution in [2.24, 2.45) is 0 Å². The van der Waals surface area contributed by atoms with E-state index in [2.05, 4.69) is 16.4 Å². The first kappa shape index (κ1) is 12.2. The fraction of sp³-hybridized carbons (Fsp3) is 0.286. The standard InChI is InChI=1S/C14H15N3OS/c1-8-13(17-14(15)19-8)10-5-6-11-9(7-10)3-2-4-12(18)16-11/h5-7H,2-4H2,1H3,(H2,15,17)(H,16,18). The van der Waals surface area contributed by atoms with E-state index >= 15 is 0 Å². The molecular formula is C14H15N3OS. The van der Waals surface area contributed by atoms with E-state index in [-0.39, 0.29) is 5.91 Å². The third kappa shape index (κ3) is 2.33. The van der Waals surface area contributed by atoms with Gasteiger partial charge in [-0.2, -0.15) is 0 Å². The largest absolute Gasteiger partial charge is 0.375 e. The first-order valence-corrected chi connectivity index (χ1v) is 7.11. The lowest BCUT2D eigenvalue weighted by Gasteiger charge is -2.08. The molecule has 1 aromatic carbocycles. The number of aryl methyl sites for hydroxylation is 2. The molecule has 4 nitrogen and oxygen atoms in total. The van der Waals surface area contributed by atoms with E-state index in [0.29, 0.717) is 11.6 Å². The van der Waals surface area contributed by atoms with Crippen LogP contribution in [0.1, 0.15) is 23.3 Å². The van der Waals surface area contributed by atoms with Gasteiger partial charge in [-0.1, -0.05) is 6.07 Å². The Labute approximate surface area is 115 Å². The molecule has 0 aliphatic carbocycles. The molecule has 0 saturated carbocycles. The van der Waals surface area contributed by atoms with Crippen molar-refractivity contribution < 1.29 is 4.79 Å². The lowest BCUT2D eigenvalue weighted by atomic mass is 10.0. The van der Waals surface area contributed by atoms with E-state index in [9.17, 15) is 4.79 Å². The lowest BCUT2D eigenvalue weighted by molar-refractivity contribution is -0.116. The molecule has 1 aliphatic rings. The Morgan fingerprint density at radius 2 is 2.21 bits per heavy atom. The van der Waals surface area contributed by atoms with E-state index in [4.69, 9.17) is 5.73 Å². The molecule has 0 spiro atoms. The highest BCUT2D eigenvalue weighted by Gasteiger charge is 2.15. The molecule has 19 heavy (non-hydrogen) atoms. The molecule has 0 unspecified atom stereocenters. The zero-order chi connectivity index (χ0) is 13.4. The Kier molecular flexibility index (Phi) is 2.98. The van der Waals surface area contributed by atoms with E-state index in [1.807, 2.05) is 19.1 Å². The summed E-state index contributed by atoms with van der Waals surface area (Å²) < 4.78 is 0. The van der Waals surface area contributed by atoms with E-state index < -0.39 is 0 Å². The maximum Gasteiger partial charge on any atom is 0.224 e.